The highest BCUT2D eigenvalue weighted by Crippen LogP contribution is 2.25. The number of hydrogen-bond acceptors (Lipinski definition) is 4. The largest absolute Gasteiger partial charge is 0.467 e. The summed E-state index contributed by atoms with van der Waals surface area (Å²) in [5.74, 6) is -0.146. The molecule has 2 N–H and O–H groups in total. The monoisotopic (exact) mass is 404 g/mol. The van der Waals surface area contributed by atoms with Crippen LogP contribution in [0.15, 0.2) is 45.9 Å². The van der Waals surface area contributed by atoms with Crippen molar-refractivity contribution in [2.24, 2.45) is 5.92 Å². The molecule has 1 amide bonds. The lowest BCUT2D eigenvalue weighted by atomic mass is 10.1. The molecule has 0 fully saturated rings. The van der Waals surface area contributed by atoms with Gasteiger partial charge in [-0.15, -0.1) is 0 Å². The molecule has 0 radical (unpaired) electrons. The Kier molecular flexibility index (Phi) is 6.51. The van der Waals surface area contributed by atoms with Crippen molar-refractivity contribution in [3.05, 3.63) is 52.4 Å². The first-order valence-corrected chi connectivity index (χ1v) is 9.72. The van der Waals surface area contributed by atoms with E-state index < -0.39 is 22.0 Å². The van der Waals surface area contributed by atoms with Crippen LogP contribution in [0.4, 0.5) is 0 Å². The minimum Gasteiger partial charge on any atom is -0.467 e. The van der Waals surface area contributed by atoms with Crippen LogP contribution in [-0.4, -0.2) is 20.4 Å². The fourth-order valence-electron chi connectivity index (χ4n) is 2.07. The van der Waals surface area contributed by atoms with Gasteiger partial charge in [0.05, 0.1) is 27.7 Å². The minimum absolute atomic E-state index is 0.0635. The molecule has 9 heteroatoms. The van der Waals surface area contributed by atoms with Crippen LogP contribution in [-0.2, 0) is 21.4 Å². The van der Waals surface area contributed by atoms with Crippen molar-refractivity contribution < 1.29 is 17.6 Å². The van der Waals surface area contributed by atoms with Gasteiger partial charge >= 0.3 is 0 Å². The normalized spacial score (nSPS) is 13.0. The van der Waals surface area contributed by atoms with E-state index in [0.717, 1.165) is 0 Å². The van der Waals surface area contributed by atoms with E-state index in [1.54, 1.807) is 26.0 Å². The molecular weight excluding hydrogens is 387 g/mol. The van der Waals surface area contributed by atoms with E-state index in [-0.39, 0.29) is 27.4 Å². The van der Waals surface area contributed by atoms with Crippen molar-refractivity contribution in [3.63, 3.8) is 0 Å². The average Bonchev–Trinajstić information content (AvgIpc) is 3.06. The zero-order chi connectivity index (χ0) is 18.6. The summed E-state index contributed by atoms with van der Waals surface area (Å²) in [5.41, 5.74) is 0. The van der Waals surface area contributed by atoms with Crippen LogP contribution >= 0.6 is 23.2 Å². The lowest BCUT2D eigenvalue weighted by Gasteiger charge is -2.21. The fraction of sp³-hybridized carbons (Fsp3) is 0.312. The molecule has 2 aromatic rings. The number of halogens is 2. The standard InChI is InChI=1S/C16H18Cl2N2O4S/c1-10(2)15(16(21)19-9-11-4-3-7-24-11)20-25(22,23)12-5-6-13(17)14(18)8-12/h3-8,10,15,20H,9H2,1-2H3,(H,19,21)/t15-/m1/s1. The first-order valence-electron chi connectivity index (χ1n) is 7.48. The number of rotatable bonds is 7. The van der Waals surface area contributed by atoms with Crippen LogP contribution in [0.2, 0.25) is 10.0 Å². The minimum atomic E-state index is -3.94. The zero-order valence-electron chi connectivity index (χ0n) is 13.6. The highest BCUT2D eigenvalue weighted by molar-refractivity contribution is 7.89. The molecule has 136 valence electrons. The number of amides is 1. The molecule has 1 heterocycles. The van der Waals surface area contributed by atoms with Gasteiger partial charge in [-0.2, -0.15) is 4.72 Å². The Labute approximate surface area is 156 Å². The van der Waals surface area contributed by atoms with Crippen LogP contribution in [0, 0.1) is 5.92 Å². The number of carbonyl (C=O) groups is 1. The number of nitrogens with one attached hydrogen (secondary N) is 2. The van der Waals surface area contributed by atoms with E-state index in [4.69, 9.17) is 27.6 Å². The number of carbonyl (C=O) groups excluding carboxylic acids is 1. The van der Waals surface area contributed by atoms with Crippen LogP contribution in [0.3, 0.4) is 0 Å². The summed E-state index contributed by atoms with van der Waals surface area (Å²) in [4.78, 5) is 12.3. The lowest BCUT2D eigenvalue weighted by molar-refractivity contribution is -0.123. The fourth-order valence-corrected chi connectivity index (χ4v) is 3.80. The summed E-state index contributed by atoms with van der Waals surface area (Å²) < 4.78 is 32.6. The van der Waals surface area contributed by atoms with Crippen LogP contribution in [0.25, 0.3) is 0 Å². The molecule has 0 aliphatic carbocycles. The second-order valence-corrected chi connectivity index (χ2v) is 8.24. The van der Waals surface area contributed by atoms with E-state index in [1.807, 2.05) is 0 Å². The van der Waals surface area contributed by atoms with Crippen molar-refractivity contribution in [1.29, 1.82) is 0 Å². The summed E-state index contributed by atoms with van der Waals surface area (Å²) in [6.45, 7) is 3.66. The Bertz CT molecular complexity index is 836. The van der Waals surface area contributed by atoms with Crippen LogP contribution in [0.5, 0.6) is 0 Å². The number of hydrogen-bond donors (Lipinski definition) is 2. The SMILES string of the molecule is CC(C)[C@@H](NS(=O)(=O)c1ccc(Cl)c(Cl)c1)C(=O)NCc1ccco1. The zero-order valence-corrected chi connectivity index (χ0v) is 16.0. The first kappa shape index (κ1) is 19.8. The molecule has 6 nitrogen and oxygen atoms in total. The average molecular weight is 405 g/mol. The van der Waals surface area contributed by atoms with E-state index >= 15 is 0 Å². The van der Waals surface area contributed by atoms with Gasteiger partial charge < -0.3 is 9.73 Å². The van der Waals surface area contributed by atoms with Gasteiger partial charge in [0.15, 0.2) is 0 Å². The summed E-state index contributed by atoms with van der Waals surface area (Å²) in [5, 5.41) is 3.02. The Balaban J connectivity index is 2.13. The van der Waals surface area contributed by atoms with Crippen LogP contribution < -0.4 is 10.0 Å². The molecule has 2 rings (SSSR count). The smallest absolute Gasteiger partial charge is 0.241 e. The summed E-state index contributed by atoms with van der Waals surface area (Å²) in [7, 11) is -3.94. The third kappa shape index (κ3) is 5.22. The summed E-state index contributed by atoms with van der Waals surface area (Å²) >= 11 is 11.7. The molecule has 0 aliphatic rings. The Morgan fingerprint density at radius 2 is 1.92 bits per heavy atom. The van der Waals surface area contributed by atoms with E-state index in [1.165, 1.54) is 24.5 Å². The topological polar surface area (TPSA) is 88.4 Å². The molecular formula is C16H18Cl2N2O4S. The molecule has 0 aliphatic heterocycles. The number of furan rings is 1. The lowest BCUT2D eigenvalue weighted by Crippen LogP contribution is -2.49. The van der Waals surface area contributed by atoms with Crippen molar-refractivity contribution in [3.8, 4) is 0 Å². The van der Waals surface area contributed by atoms with Gasteiger partial charge in [-0.1, -0.05) is 37.0 Å². The van der Waals surface area contributed by atoms with E-state index in [2.05, 4.69) is 10.0 Å². The van der Waals surface area contributed by atoms with Crippen LogP contribution in [0.1, 0.15) is 19.6 Å². The van der Waals surface area contributed by atoms with Gasteiger partial charge in [-0.3, -0.25) is 4.79 Å². The predicted molar refractivity (Wildman–Crippen MR) is 96.0 cm³/mol. The van der Waals surface area contributed by atoms with Crippen molar-refractivity contribution in [2.75, 3.05) is 0 Å². The first-order chi connectivity index (χ1) is 11.7. The van der Waals surface area contributed by atoms with Gasteiger partial charge in [-0.25, -0.2) is 8.42 Å². The van der Waals surface area contributed by atoms with Gasteiger partial charge in [0.1, 0.15) is 11.8 Å². The molecule has 0 saturated heterocycles. The maximum atomic E-state index is 12.5. The molecule has 0 unspecified atom stereocenters. The maximum Gasteiger partial charge on any atom is 0.241 e. The quantitative estimate of drug-likeness (QED) is 0.741. The highest BCUT2D eigenvalue weighted by atomic mass is 35.5. The Hall–Kier alpha value is -1.54. The molecule has 0 saturated carbocycles. The predicted octanol–water partition coefficient (Wildman–Crippen LogP) is 3.21. The van der Waals surface area contributed by atoms with Gasteiger partial charge in [0.2, 0.25) is 15.9 Å². The van der Waals surface area contributed by atoms with Crippen molar-refractivity contribution >= 4 is 39.1 Å². The van der Waals surface area contributed by atoms with E-state index in [0.29, 0.717) is 5.76 Å². The van der Waals surface area contributed by atoms with Crippen molar-refractivity contribution in [1.82, 2.24) is 10.0 Å². The summed E-state index contributed by atoms with van der Waals surface area (Å²) in [6.07, 6.45) is 1.49. The molecule has 0 spiro atoms. The molecule has 1 atom stereocenters. The van der Waals surface area contributed by atoms with Gasteiger partial charge in [0, 0.05) is 0 Å². The molecule has 1 aromatic heterocycles. The van der Waals surface area contributed by atoms with Crippen molar-refractivity contribution in [2.45, 2.75) is 31.3 Å². The number of sulfonamides is 1. The molecule has 1 aromatic carbocycles. The maximum absolute atomic E-state index is 12.5. The Morgan fingerprint density at radius 1 is 1.20 bits per heavy atom. The highest BCUT2D eigenvalue weighted by Gasteiger charge is 2.28. The third-order valence-corrected chi connectivity index (χ3v) is 5.63. The molecule has 25 heavy (non-hydrogen) atoms. The molecule has 0 bridgehead atoms. The van der Waals surface area contributed by atoms with Gasteiger partial charge in [0.25, 0.3) is 0 Å². The second kappa shape index (κ2) is 8.23. The Morgan fingerprint density at radius 3 is 2.48 bits per heavy atom. The number of benzene rings is 1. The summed E-state index contributed by atoms with van der Waals surface area (Å²) in [6, 6.07) is 6.42. The van der Waals surface area contributed by atoms with E-state index in [9.17, 15) is 13.2 Å². The van der Waals surface area contributed by atoms with Gasteiger partial charge in [-0.05, 0) is 36.2 Å². The third-order valence-electron chi connectivity index (χ3n) is 3.45. The second-order valence-electron chi connectivity index (χ2n) is 5.72.